The van der Waals surface area contributed by atoms with E-state index in [-0.39, 0.29) is 11.9 Å². The minimum Gasteiger partial charge on any atom is -0.493 e. The minimum atomic E-state index is -0.342. The number of nitrogens with one attached hydrogen (secondary N) is 1. The second-order valence-corrected chi connectivity index (χ2v) is 11.6. The highest BCUT2D eigenvalue weighted by Gasteiger charge is 2.23. The lowest BCUT2D eigenvalue weighted by Crippen LogP contribution is -2.50. The number of hydrogen-bond donors (Lipinski definition) is 1. The molecule has 0 heterocycles. The molecular formula is C38H53N2O4+. The third-order valence-corrected chi connectivity index (χ3v) is 8.60. The van der Waals surface area contributed by atoms with E-state index >= 15 is 0 Å². The molecule has 1 N–H and O–H groups in total. The summed E-state index contributed by atoms with van der Waals surface area (Å²) < 4.78 is 12.6. The standard InChI is InChI=1S/C38H52N2O4/c1-4-7-8-9-10-18-30-43-36-23-15-14-22-35(36)37(41)39-34-26-24-33(25-27-34)38(42)44-31-29-40(5-2,6-3)28-17-16-21-32-19-12-11-13-20-32/h11-15,19-20,22-27H,4-10,16-18,21,28-31H2,1-3H3/p+1. The molecule has 3 rings (SSSR count). The van der Waals surface area contributed by atoms with Gasteiger partial charge in [0, 0.05) is 5.69 Å². The Kier molecular flexibility index (Phi) is 15.5. The number of esters is 1. The van der Waals surface area contributed by atoms with Crippen molar-refractivity contribution < 1.29 is 23.5 Å². The van der Waals surface area contributed by atoms with Crippen LogP contribution in [0.5, 0.6) is 5.75 Å². The van der Waals surface area contributed by atoms with Crippen LogP contribution in [-0.2, 0) is 11.2 Å². The van der Waals surface area contributed by atoms with Gasteiger partial charge in [-0.1, -0.05) is 81.5 Å². The molecule has 0 radical (unpaired) electrons. The van der Waals surface area contributed by atoms with Gasteiger partial charge in [0.05, 0.1) is 37.4 Å². The number of para-hydroxylation sites is 1. The predicted octanol–water partition coefficient (Wildman–Crippen LogP) is 8.71. The summed E-state index contributed by atoms with van der Waals surface area (Å²) in [4.78, 5) is 25.8. The number of aryl methyl sites for hydroxylation is 1. The quantitative estimate of drug-likeness (QED) is 0.0753. The molecular weight excluding hydrogens is 548 g/mol. The van der Waals surface area contributed by atoms with Crippen LogP contribution in [0.3, 0.4) is 0 Å². The Morgan fingerprint density at radius 3 is 2.09 bits per heavy atom. The Bertz CT molecular complexity index is 1240. The number of unbranched alkanes of at least 4 members (excludes halogenated alkanes) is 6. The molecule has 0 bridgehead atoms. The maximum atomic E-state index is 13.0. The third kappa shape index (κ3) is 11.8. The number of carbonyl (C=O) groups is 2. The van der Waals surface area contributed by atoms with Crippen molar-refractivity contribution in [3.05, 3.63) is 95.6 Å². The fraction of sp³-hybridized carbons (Fsp3) is 0.474. The topological polar surface area (TPSA) is 64.6 Å². The van der Waals surface area contributed by atoms with Crippen LogP contribution >= 0.6 is 0 Å². The number of carbonyl (C=O) groups excluding carboxylic acids is 2. The first-order valence-electron chi connectivity index (χ1n) is 16.7. The Morgan fingerprint density at radius 2 is 1.36 bits per heavy atom. The molecule has 1 amide bonds. The summed E-state index contributed by atoms with van der Waals surface area (Å²) >= 11 is 0. The van der Waals surface area contributed by atoms with E-state index in [9.17, 15) is 9.59 Å². The highest BCUT2D eigenvalue weighted by atomic mass is 16.5. The van der Waals surface area contributed by atoms with Gasteiger partial charge in [-0.15, -0.1) is 0 Å². The van der Waals surface area contributed by atoms with Crippen molar-refractivity contribution >= 4 is 17.6 Å². The van der Waals surface area contributed by atoms with Gasteiger partial charge in [0.25, 0.3) is 5.91 Å². The highest BCUT2D eigenvalue weighted by molar-refractivity contribution is 6.06. The SMILES string of the molecule is CCCCCCCCOc1ccccc1C(=O)Nc1ccc(C(=O)OCC[N+](CC)(CC)CCCCc2ccccc2)cc1. The Hall–Kier alpha value is -3.64. The molecule has 0 aliphatic heterocycles. The molecule has 0 fully saturated rings. The van der Waals surface area contributed by atoms with Crippen LogP contribution in [0.2, 0.25) is 0 Å². The Labute approximate surface area is 265 Å². The summed E-state index contributed by atoms with van der Waals surface area (Å²) in [7, 11) is 0. The molecule has 238 valence electrons. The van der Waals surface area contributed by atoms with Gasteiger partial charge in [0.1, 0.15) is 18.9 Å². The molecule has 0 saturated heterocycles. The van der Waals surface area contributed by atoms with Crippen LogP contribution in [0.15, 0.2) is 78.9 Å². The van der Waals surface area contributed by atoms with Gasteiger partial charge < -0.3 is 19.3 Å². The van der Waals surface area contributed by atoms with Crippen molar-refractivity contribution in [2.45, 2.75) is 78.6 Å². The van der Waals surface area contributed by atoms with E-state index in [1.807, 2.05) is 18.2 Å². The molecule has 0 spiro atoms. The fourth-order valence-corrected chi connectivity index (χ4v) is 5.54. The molecule has 6 nitrogen and oxygen atoms in total. The summed E-state index contributed by atoms with van der Waals surface area (Å²) in [6, 6.07) is 24.8. The normalized spacial score (nSPS) is 11.2. The first kappa shape index (κ1) is 34.8. The van der Waals surface area contributed by atoms with Crippen LogP contribution in [-0.4, -0.2) is 55.8 Å². The maximum Gasteiger partial charge on any atom is 0.338 e. The van der Waals surface area contributed by atoms with Gasteiger partial charge in [0.2, 0.25) is 0 Å². The van der Waals surface area contributed by atoms with Crippen molar-refractivity contribution in [2.75, 3.05) is 44.7 Å². The van der Waals surface area contributed by atoms with Crippen LogP contribution in [0, 0.1) is 0 Å². The number of benzene rings is 3. The van der Waals surface area contributed by atoms with Gasteiger partial charge in [-0.2, -0.15) is 0 Å². The van der Waals surface area contributed by atoms with Gasteiger partial charge in [-0.05, 0) is 81.5 Å². The van der Waals surface area contributed by atoms with Crippen LogP contribution in [0.1, 0.15) is 98.4 Å². The molecule has 3 aromatic rings. The number of amides is 1. The number of rotatable bonds is 21. The summed E-state index contributed by atoms with van der Waals surface area (Å²) in [5.74, 6) is 0.00478. The smallest absolute Gasteiger partial charge is 0.338 e. The second kappa shape index (κ2) is 19.6. The molecule has 0 atom stereocenters. The molecule has 44 heavy (non-hydrogen) atoms. The number of quaternary nitrogens is 1. The third-order valence-electron chi connectivity index (χ3n) is 8.60. The van der Waals surface area contributed by atoms with E-state index in [4.69, 9.17) is 9.47 Å². The van der Waals surface area contributed by atoms with E-state index in [0.717, 1.165) is 62.8 Å². The zero-order chi connectivity index (χ0) is 31.5. The van der Waals surface area contributed by atoms with E-state index in [1.165, 1.54) is 31.2 Å². The van der Waals surface area contributed by atoms with Crippen molar-refractivity contribution in [3.63, 3.8) is 0 Å². The lowest BCUT2D eigenvalue weighted by atomic mass is 10.1. The number of anilines is 1. The summed E-state index contributed by atoms with van der Waals surface area (Å²) in [6.07, 6.45) is 10.5. The van der Waals surface area contributed by atoms with E-state index in [1.54, 1.807) is 30.3 Å². The molecule has 6 heteroatoms. The Morgan fingerprint density at radius 1 is 0.682 bits per heavy atom. The molecule has 0 aliphatic rings. The van der Waals surface area contributed by atoms with Crippen molar-refractivity contribution in [2.24, 2.45) is 0 Å². The second-order valence-electron chi connectivity index (χ2n) is 11.6. The average Bonchev–Trinajstić information content (AvgIpc) is 3.06. The summed E-state index contributed by atoms with van der Waals surface area (Å²) in [6.45, 7) is 11.5. The van der Waals surface area contributed by atoms with Crippen molar-refractivity contribution in [1.82, 2.24) is 0 Å². The summed E-state index contributed by atoms with van der Waals surface area (Å²) in [5.41, 5.74) is 2.96. The van der Waals surface area contributed by atoms with Crippen LogP contribution in [0.25, 0.3) is 0 Å². The van der Waals surface area contributed by atoms with E-state index in [2.05, 4.69) is 56.4 Å². The molecule has 3 aromatic carbocycles. The fourth-order valence-electron chi connectivity index (χ4n) is 5.54. The number of likely N-dealkylation sites (N-methyl/N-ethyl adjacent to an activating group) is 1. The van der Waals surface area contributed by atoms with Crippen LogP contribution < -0.4 is 10.1 Å². The van der Waals surface area contributed by atoms with Crippen LogP contribution in [0.4, 0.5) is 5.69 Å². The minimum absolute atomic E-state index is 0.240. The van der Waals surface area contributed by atoms with E-state index in [0.29, 0.717) is 35.8 Å². The largest absolute Gasteiger partial charge is 0.493 e. The molecule has 0 saturated carbocycles. The lowest BCUT2D eigenvalue weighted by Gasteiger charge is -2.36. The number of ether oxygens (including phenoxy) is 2. The first-order valence-corrected chi connectivity index (χ1v) is 16.7. The zero-order valence-electron chi connectivity index (χ0n) is 27.2. The van der Waals surface area contributed by atoms with Gasteiger partial charge >= 0.3 is 5.97 Å². The zero-order valence-corrected chi connectivity index (χ0v) is 27.2. The van der Waals surface area contributed by atoms with Gasteiger partial charge in [0.15, 0.2) is 0 Å². The molecule has 0 aliphatic carbocycles. The van der Waals surface area contributed by atoms with Crippen molar-refractivity contribution in [1.29, 1.82) is 0 Å². The van der Waals surface area contributed by atoms with Gasteiger partial charge in [-0.3, -0.25) is 4.79 Å². The summed E-state index contributed by atoms with van der Waals surface area (Å²) in [5, 5.41) is 2.93. The number of hydrogen-bond acceptors (Lipinski definition) is 4. The Balaban J connectivity index is 1.43. The average molecular weight is 602 g/mol. The maximum absolute atomic E-state index is 13.0. The lowest BCUT2D eigenvalue weighted by molar-refractivity contribution is -0.925. The monoisotopic (exact) mass is 601 g/mol. The number of nitrogens with zero attached hydrogens (tertiary/aromatic N) is 1. The predicted molar refractivity (Wildman–Crippen MR) is 180 cm³/mol. The first-order chi connectivity index (χ1) is 21.5. The highest BCUT2D eigenvalue weighted by Crippen LogP contribution is 2.21. The van der Waals surface area contributed by atoms with E-state index < -0.39 is 0 Å². The van der Waals surface area contributed by atoms with Gasteiger partial charge in [-0.25, -0.2) is 4.79 Å². The molecule has 0 unspecified atom stereocenters. The molecule has 0 aromatic heterocycles. The van der Waals surface area contributed by atoms with Crippen molar-refractivity contribution in [3.8, 4) is 5.75 Å².